The van der Waals surface area contributed by atoms with E-state index in [1.807, 2.05) is 81.4 Å². The van der Waals surface area contributed by atoms with Crippen molar-refractivity contribution in [3.05, 3.63) is 46.0 Å². The molecule has 6 rings (SSSR count). The summed E-state index contributed by atoms with van der Waals surface area (Å²) < 4.78 is 14.5. The molecule has 0 radical (unpaired) electrons. The van der Waals surface area contributed by atoms with Crippen molar-refractivity contribution in [2.75, 3.05) is 24.1 Å². The molecule has 3 amide bonds. The van der Waals surface area contributed by atoms with Crippen LogP contribution in [0.25, 0.3) is 11.3 Å². The molecule has 2 saturated heterocycles. The third-order valence-corrected chi connectivity index (χ3v) is 9.49. The predicted octanol–water partition coefficient (Wildman–Crippen LogP) is 7.79. The van der Waals surface area contributed by atoms with Crippen LogP contribution >= 0.6 is 0 Å². The summed E-state index contributed by atoms with van der Waals surface area (Å²) >= 11 is 0. The van der Waals surface area contributed by atoms with E-state index in [1.165, 1.54) is 6.92 Å². The number of anilines is 2. The molecule has 54 heavy (non-hydrogen) atoms. The zero-order chi connectivity index (χ0) is 39.0. The summed E-state index contributed by atoms with van der Waals surface area (Å²) in [6.07, 6.45) is 5.05. The Hall–Kier alpha value is -4.95. The largest absolute Gasteiger partial charge is 0.444 e. The minimum absolute atomic E-state index is 0. The van der Waals surface area contributed by atoms with E-state index in [0.717, 1.165) is 72.4 Å². The van der Waals surface area contributed by atoms with Crippen LogP contribution in [0.5, 0.6) is 0 Å². The highest BCUT2D eigenvalue weighted by atomic mass is 16.6. The summed E-state index contributed by atoms with van der Waals surface area (Å²) in [5.74, 6) is 1.04. The smallest absolute Gasteiger partial charge is 0.410 e. The van der Waals surface area contributed by atoms with Crippen molar-refractivity contribution in [2.45, 2.75) is 145 Å². The Morgan fingerprint density at radius 2 is 1.15 bits per heavy atom. The normalized spacial score (nSPS) is 17.8. The number of amides is 3. The number of ether oxygens (including phenoxy) is 2. The number of aryl methyl sites for hydroxylation is 2. The molecule has 0 bridgehead atoms. The first-order chi connectivity index (χ1) is 24.7. The monoisotopic (exact) mass is 748 g/mol. The first-order valence-electron chi connectivity index (χ1n) is 18.5. The van der Waals surface area contributed by atoms with Gasteiger partial charge in [-0.2, -0.15) is 19.2 Å². The minimum Gasteiger partial charge on any atom is -0.444 e. The van der Waals surface area contributed by atoms with Gasteiger partial charge in [-0.3, -0.25) is 14.6 Å². The van der Waals surface area contributed by atoms with Gasteiger partial charge in [-0.25, -0.2) is 19.6 Å². The van der Waals surface area contributed by atoms with Gasteiger partial charge in [0, 0.05) is 54.7 Å². The number of nitrogen functional groups attached to an aromatic ring is 1. The first kappa shape index (κ1) is 41.8. The van der Waals surface area contributed by atoms with Crippen LogP contribution in [0.2, 0.25) is 0 Å². The Kier molecular flexibility index (Phi) is 12.5. The number of carbonyl (C=O) groups is 3. The quantitative estimate of drug-likeness (QED) is 0.210. The second-order valence-corrected chi connectivity index (χ2v) is 16.1. The van der Waals surface area contributed by atoms with E-state index in [0.29, 0.717) is 36.0 Å². The molecule has 0 aliphatic carbocycles. The maximum absolute atomic E-state index is 12.7. The van der Waals surface area contributed by atoms with Crippen molar-refractivity contribution in [2.24, 2.45) is 0 Å². The number of hydrogen-bond acceptors (Lipinski definition) is 10. The summed E-state index contributed by atoms with van der Waals surface area (Å²) in [6, 6.07) is 3.54. The van der Waals surface area contributed by atoms with Gasteiger partial charge in [-0.1, -0.05) is 7.43 Å². The van der Waals surface area contributed by atoms with E-state index in [9.17, 15) is 14.4 Å². The fourth-order valence-corrected chi connectivity index (χ4v) is 6.66. The molecule has 2 atom stereocenters. The molecule has 0 spiro atoms. The maximum Gasteiger partial charge on any atom is 0.410 e. The highest BCUT2D eigenvalue weighted by Crippen LogP contribution is 2.34. The molecular weight excluding hydrogens is 688 g/mol. The van der Waals surface area contributed by atoms with E-state index in [4.69, 9.17) is 20.3 Å². The van der Waals surface area contributed by atoms with Gasteiger partial charge < -0.3 is 20.5 Å². The number of likely N-dealkylation sites (tertiary alicyclic amines) is 2. The van der Waals surface area contributed by atoms with Gasteiger partial charge in [0.05, 0.1) is 23.5 Å². The Balaban J connectivity index is 0.000000238. The fraction of sp³-hybridized carbons (Fsp3) is 0.615. The van der Waals surface area contributed by atoms with Crippen molar-refractivity contribution >= 4 is 41.0 Å². The number of nitrogens with zero attached hydrogens (tertiary/aromatic N) is 8. The lowest BCUT2D eigenvalue weighted by Gasteiger charge is -2.35. The summed E-state index contributed by atoms with van der Waals surface area (Å²) in [6.45, 7) is 21.7. The van der Waals surface area contributed by atoms with Gasteiger partial charge in [-0.15, -0.1) is 0 Å². The maximum atomic E-state index is 12.7. The summed E-state index contributed by atoms with van der Waals surface area (Å²) in [4.78, 5) is 49.7. The van der Waals surface area contributed by atoms with Crippen molar-refractivity contribution in [1.82, 2.24) is 39.0 Å². The molecule has 296 valence electrons. The van der Waals surface area contributed by atoms with Crippen LogP contribution in [0.1, 0.15) is 140 Å². The SMILES string of the molecule is C.CC(=O)Nc1c(C)c(C)nc2cc([C@@H]3CCCCN3C(=O)OC(C)(C)C)nn12.Cc1nc2cc([C@@H]3CCCCN3C(=O)OC(C)(C)C)nn2c(N)c1C. The predicted molar refractivity (Wildman–Crippen MR) is 209 cm³/mol. The average Bonchev–Trinajstić information content (AvgIpc) is 3.69. The van der Waals surface area contributed by atoms with Gasteiger partial charge in [-0.05, 0) is 108 Å². The Bertz CT molecular complexity index is 2000. The molecule has 0 saturated carbocycles. The highest BCUT2D eigenvalue weighted by Gasteiger charge is 2.35. The van der Waals surface area contributed by atoms with Crippen LogP contribution in [0.4, 0.5) is 21.2 Å². The molecule has 15 nitrogen and oxygen atoms in total. The number of nitrogens with one attached hydrogen (secondary N) is 1. The van der Waals surface area contributed by atoms with Crippen LogP contribution in [0.3, 0.4) is 0 Å². The Morgan fingerprint density at radius 1 is 0.722 bits per heavy atom. The van der Waals surface area contributed by atoms with Gasteiger partial charge in [0.1, 0.15) is 22.8 Å². The van der Waals surface area contributed by atoms with Crippen LogP contribution in [-0.2, 0) is 14.3 Å². The highest BCUT2D eigenvalue weighted by molar-refractivity contribution is 5.89. The van der Waals surface area contributed by atoms with Crippen molar-refractivity contribution in [1.29, 1.82) is 0 Å². The third-order valence-electron chi connectivity index (χ3n) is 9.49. The summed E-state index contributed by atoms with van der Waals surface area (Å²) in [5, 5.41) is 12.2. The molecule has 0 unspecified atom stereocenters. The number of fused-ring (bicyclic) bond motifs is 2. The zero-order valence-electron chi connectivity index (χ0n) is 33.2. The average molecular weight is 749 g/mol. The summed E-state index contributed by atoms with van der Waals surface area (Å²) in [5.41, 5.74) is 11.6. The lowest BCUT2D eigenvalue weighted by atomic mass is 10.00. The number of piperidine rings is 2. The van der Waals surface area contributed by atoms with E-state index < -0.39 is 11.2 Å². The first-order valence-corrected chi connectivity index (χ1v) is 18.5. The van der Waals surface area contributed by atoms with Crippen LogP contribution in [0.15, 0.2) is 12.1 Å². The molecule has 2 aliphatic rings. The number of hydrogen-bond donors (Lipinski definition) is 2. The van der Waals surface area contributed by atoms with Gasteiger partial charge in [0.25, 0.3) is 0 Å². The lowest BCUT2D eigenvalue weighted by Crippen LogP contribution is -2.42. The molecule has 4 aromatic heterocycles. The van der Waals surface area contributed by atoms with Gasteiger partial charge >= 0.3 is 12.2 Å². The standard InChI is InChI=1S/C20H29N5O3.C18H27N5O2.CH4/c1-12-13(2)21-17-11-15(23-25(17)18(12)22-14(3)26)16-9-7-8-10-24(16)19(27)28-20(4,5)6;1-11-12(2)20-15-10-13(21-23(15)16(11)19)14-8-6-7-9-22(14)17(24)25-18(3,4)5;/h11,16H,7-10H2,1-6H3,(H,22,26);10,14H,6-9,19H2,1-5H3;1H4/t16-;14-;/m00./s1. The molecule has 4 aromatic rings. The van der Waals surface area contributed by atoms with Crippen LogP contribution < -0.4 is 11.1 Å². The lowest BCUT2D eigenvalue weighted by molar-refractivity contribution is -0.114. The molecule has 2 fully saturated rings. The third kappa shape index (κ3) is 9.40. The minimum atomic E-state index is -0.549. The van der Waals surface area contributed by atoms with Crippen LogP contribution in [-0.4, -0.2) is 81.4 Å². The molecule has 6 heterocycles. The van der Waals surface area contributed by atoms with E-state index in [1.54, 1.807) is 18.8 Å². The van der Waals surface area contributed by atoms with Gasteiger partial charge in [0.2, 0.25) is 5.91 Å². The molecule has 0 aromatic carbocycles. The number of nitrogens with two attached hydrogens (primary N) is 1. The Labute approximate surface area is 319 Å². The van der Waals surface area contributed by atoms with E-state index in [2.05, 4.69) is 20.4 Å². The van der Waals surface area contributed by atoms with Crippen molar-refractivity contribution in [3.63, 3.8) is 0 Å². The summed E-state index contributed by atoms with van der Waals surface area (Å²) in [7, 11) is 0. The second kappa shape index (κ2) is 16.2. The fourth-order valence-electron chi connectivity index (χ4n) is 6.66. The zero-order valence-corrected chi connectivity index (χ0v) is 33.2. The number of aromatic nitrogens is 6. The molecular formula is C39H60N10O5. The van der Waals surface area contributed by atoms with Gasteiger partial charge in [0.15, 0.2) is 11.3 Å². The molecule has 2 aliphatic heterocycles. The van der Waals surface area contributed by atoms with Crippen molar-refractivity contribution in [3.8, 4) is 0 Å². The van der Waals surface area contributed by atoms with E-state index >= 15 is 0 Å². The second-order valence-electron chi connectivity index (χ2n) is 16.1. The molecule has 15 heteroatoms. The number of rotatable bonds is 3. The Morgan fingerprint density at radius 3 is 1.59 bits per heavy atom. The molecule has 3 N–H and O–H groups in total. The van der Waals surface area contributed by atoms with E-state index in [-0.39, 0.29) is 37.6 Å². The number of carbonyl (C=O) groups excluding carboxylic acids is 3. The van der Waals surface area contributed by atoms with Crippen molar-refractivity contribution < 1.29 is 23.9 Å². The van der Waals surface area contributed by atoms with Crippen LogP contribution in [0, 0.1) is 27.7 Å². The topological polar surface area (TPSA) is 175 Å².